The first-order valence-electron chi connectivity index (χ1n) is 11.6. The van der Waals surface area contributed by atoms with Crippen LogP contribution < -0.4 is 0 Å². The number of hydrogen-bond acceptors (Lipinski definition) is 3. The molecular weight excluding hydrogens is 475 g/mol. The minimum absolute atomic E-state index is 0.175. The number of nitrogens with zero attached hydrogens (tertiary/aromatic N) is 2. The predicted molar refractivity (Wildman–Crippen MR) is 132 cm³/mol. The molecule has 3 nitrogen and oxygen atoms in total. The molecule has 36 heavy (non-hydrogen) atoms. The van der Waals surface area contributed by atoms with Gasteiger partial charge in [0.05, 0.1) is 28.9 Å². The number of rotatable bonds is 3. The van der Waals surface area contributed by atoms with Crippen molar-refractivity contribution in [3.63, 3.8) is 0 Å². The van der Waals surface area contributed by atoms with Gasteiger partial charge in [0.2, 0.25) is 0 Å². The molecule has 2 heterocycles. The summed E-state index contributed by atoms with van der Waals surface area (Å²) < 4.78 is 75.8. The van der Waals surface area contributed by atoms with Crippen molar-refractivity contribution in [1.29, 1.82) is 0 Å². The highest BCUT2D eigenvalue weighted by Crippen LogP contribution is 2.45. The number of furan rings is 1. The molecule has 1 atom stereocenters. The van der Waals surface area contributed by atoms with Crippen molar-refractivity contribution in [3.8, 4) is 0 Å². The van der Waals surface area contributed by atoms with Crippen LogP contribution in [0.1, 0.15) is 37.0 Å². The van der Waals surface area contributed by atoms with Gasteiger partial charge in [-0.15, -0.1) is 0 Å². The van der Waals surface area contributed by atoms with Crippen LogP contribution in [0.3, 0.4) is 0 Å². The molecule has 1 aliphatic heterocycles. The molecule has 0 bridgehead atoms. The van der Waals surface area contributed by atoms with Crippen molar-refractivity contribution in [2.45, 2.75) is 46.3 Å². The Balaban J connectivity index is 1.71. The molecule has 0 N–H and O–H groups in total. The first-order chi connectivity index (χ1) is 16.8. The van der Waals surface area contributed by atoms with Gasteiger partial charge in [-0.25, -0.2) is 8.78 Å². The second kappa shape index (κ2) is 8.05. The standard InChI is InChI=1S/C28H25F5N2O/c1-14-15(2)24(30)23-19-9-7-17(29)11-21(19)36-26(23)22(14)25-18-8-6-16(10-20(18)34-13-35(25)5)12-27(3,4)28(31,32)33/h6-11,13,20H,12H2,1-5H3. The number of fused-ring (bicyclic) bond motifs is 4. The van der Waals surface area contributed by atoms with Crippen LogP contribution in [0.25, 0.3) is 27.6 Å². The SMILES string of the molecule is Cc1c(C)c(F)c2c(oc3cc(F)ccc32)c1C1=C2C=CC(CC(C)(C)C(F)(F)F)=CC2N=CN1C. The lowest BCUT2D eigenvalue weighted by atomic mass is 9.81. The van der Waals surface area contributed by atoms with E-state index >= 15 is 4.39 Å². The second-order valence-corrected chi connectivity index (χ2v) is 10.1. The van der Waals surface area contributed by atoms with Gasteiger partial charge in [-0.1, -0.05) is 32.1 Å². The van der Waals surface area contributed by atoms with Gasteiger partial charge >= 0.3 is 6.18 Å². The maximum Gasteiger partial charge on any atom is 0.394 e. The van der Waals surface area contributed by atoms with Crippen LogP contribution in [0, 0.1) is 30.9 Å². The normalized spacial score (nSPS) is 18.4. The molecule has 0 saturated carbocycles. The fraction of sp³-hybridized carbons (Fsp3) is 0.321. The molecule has 1 aliphatic carbocycles. The fourth-order valence-electron chi connectivity index (χ4n) is 4.93. The lowest BCUT2D eigenvalue weighted by Crippen LogP contribution is -2.33. The average molecular weight is 501 g/mol. The summed E-state index contributed by atoms with van der Waals surface area (Å²) in [4.78, 5) is 6.33. The van der Waals surface area contributed by atoms with Gasteiger partial charge in [-0.3, -0.25) is 4.99 Å². The summed E-state index contributed by atoms with van der Waals surface area (Å²) in [5.41, 5.74) is 2.40. The summed E-state index contributed by atoms with van der Waals surface area (Å²) in [7, 11) is 1.80. The van der Waals surface area contributed by atoms with Gasteiger partial charge < -0.3 is 9.32 Å². The molecule has 0 amide bonds. The fourth-order valence-corrected chi connectivity index (χ4v) is 4.93. The number of alkyl halides is 3. The third-order valence-corrected chi connectivity index (χ3v) is 7.21. The van der Waals surface area contributed by atoms with E-state index in [2.05, 4.69) is 4.99 Å². The van der Waals surface area contributed by atoms with Crippen LogP contribution in [0.5, 0.6) is 0 Å². The highest BCUT2D eigenvalue weighted by atomic mass is 19.4. The van der Waals surface area contributed by atoms with Gasteiger partial charge in [0.15, 0.2) is 0 Å². The molecular formula is C28H25F5N2O. The Morgan fingerprint density at radius 2 is 1.78 bits per heavy atom. The van der Waals surface area contributed by atoms with Gasteiger partial charge in [-0.2, -0.15) is 13.2 Å². The van der Waals surface area contributed by atoms with E-state index in [9.17, 15) is 17.6 Å². The van der Waals surface area contributed by atoms with Crippen molar-refractivity contribution < 1.29 is 26.4 Å². The number of halogens is 5. The van der Waals surface area contributed by atoms with Crippen molar-refractivity contribution in [2.24, 2.45) is 10.4 Å². The molecule has 0 spiro atoms. The number of benzene rings is 2. The largest absolute Gasteiger partial charge is 0.455 e. The van der Waals surface area contributed by atoms with Crippen LogP contribution in [0.4, 0.5) is 22.0 Å². The minimum atomic E-state index is -4.34. The number of allylic oxidation sites excluding steroid dienone is 2. The molecule has 0 radical (unpaired) electrons. The maximum atomic E-state index is 15.5. The smallest absolute Gasteiger partial charge is 0.394 e. The third-order valence-electron chi connectivity index (χ3n) is 7.21. The summed E-state index contributed by atoms with van der Waals surface area (Å²) in [5.74, 6) is -0.919. The van der Waals surface area contributed by atoms with Crippen LogP contribution in [-0.2, 0) is 0 Å². The Morgan fingerprint density at radius 1 is 1.06 bits per heavy atom. The van der Waals surface area contributed by atoms with Crippen LogP contribution >= 0.6 is 0 Å². The van der Waals surface area contributed by atoms with E-state index in [1.165, 1.54) is 32.0 Å². The lowest BCUT2D eigenvalue weighted by molar-refractivity contribution is -0.210. The highest BCUT2D eigenvalue weighted by Gasteiger charge is 2.47. The van der Waals surface area contributed by atoms with E-state index in [-0.39, 0.29) is 17.4 Å². The summed E-state index contributed by atoms with van der Waals surface area (Å²) >= 11 is 0. The molecule has 188 valence electrons. The predicted octanol–water partition coefficient (Wildman–Crippen LogP) is 8.01. The summed E-state index contributed by atoms with van der Waals surface area (Å²) in [5, 5.41) is 0.741. The van der Waals surface area contributed by atoms with Crippen molar-refractivity contribution >= 4 is 34.0 Å². The van der Waals surface area contributed by atoms with Gasteiger partial charge in [-0.05, 0) is 49.1 Å². The molecule has 2 aromatic carbocycles. The Kier molecular flexibility index (Phi) is 5.43. The molecule has 0 fully saturated rings. The lowest BCUT2D eigenvalue weighted by Gasteiger charge is -2.33. The van der Waals surface area contributed by atoms with E-state index in [1.54, 1.807) is 50.4 Å². The van der Waals surface area contributed by atoms with E-state index in [0.717, 1.165) is 5.57 Å². The zero-order chi connectivity index (χ0) is 26.2. The third kappa shape index (κ3) is 3.65. The van der Waals surface area contributed by atoms with Crippen LogP contribution in [-0.4, -0.2) is 30.5 Å². The Bertz CT molecular complexity index is 1540. The van der Waals surface area contributed by atoms with E-state index < -0.39 is 29.3 Å². The van der Waals surface area contributed by atoms with Gasteiger partial charge in [0, 0.05) is 29.6 Å². The number of aliphatic imine (C=N–C) groups is 1. The van der Waals surface area contributed by atoms with Gasteiger partial charge in [0.1, 0.15) is 22.8 Å². The quantitative estimate of drug-likeness (QED) is 0.341. The van der Waals surface area contributed by atoms with E-state index in [4.69, 9.17) is 4.42 Å². The Morgan fingerprint density at radius 3 is 2.47 bits per heavy atom. The summed E-state index contributed by atoms with van der Waals surface area (Å²) in [6.45, 7) is 5.84. The molecule has 3 aromatic rings. The topological polar surface area (TPSA) is 28.7 Å². The van der Waals surface area contributed by atoms with Crippen molar-refractivity contribution in [1.82, 2.24) is 4.90 Å². The van der Waals surface area contributed by atoms with Crippen LogP contribution in [0.2, 0.25) is 0 Å². The molecule has 8 heteroatoms. The maximum absolute atomic E-state index is 15.5. The van der Waals surface area contributed by atoms with Crippen molar-refractivity contribution in [2.75, 3.05) is 7.05 Å². The van der Waals surface area contributed by atoms with Crippen molar-refractivity contribution in [3.05, 3.63) is 75.9 Å². The Labute approximate surface area is 205 Å². The monoisotopic (exact) mass is 500 g/mol. The molecule has 1 aromatic heterocycles. The zero-order valence-electron chi connectivity index (χ0n) is 20.5. The zero-order valence-corrected chi connectivity index (χ0v) is 20.5. The molecule has 0 saturated heterocycles. The average Bonchev–Trinajstić information content (AvgIpc) is 3.16. The number of hydrogen-bond donors (Lipinski definition) is 0. The van der Waals surface area contributed by atoms with Gasteiger partial charge in [0.25, 0.3) is 0 Å². The first-order valence-corrected chi connectivity index (χ1v) is 11.6. The van der Waals surface area contributed by atoms with E-state index in [0.29, 0.717) is 38.9 Å². The summed E-state index contributed by atoms with van der Waals surface area (Å²) in [6.07, 6.45) is 2.30. The highest BCUT2D eigenvalue weighted by molar-refractivity contribution is 6.10. The molecule has 5 rings (SSSR count). The van der Waals surface area contributed by atoms with E-state index in [1.807, 2.05) is 0 Å². The minimum Gasteiger partial charge on any atom is -0.455 e. The first kappa shape index (κ1) is 24.3. The second-order valence-electron chi connectivity index (χ2n) is 10.1. The summed E-state index contributed by atoms with van der Waals surface area (Å²) in [6, 6.07) is 3.50. The van der Waals surface area contributed by atoms with Crippen LogP contribution in [0.15, 0.2) is 57.0 Å². The molecule has 1 unspecified atom stereocenters. The Hall–Kier alpha value is -3.42. The molecule has 2 aliphatic rings.